The van der Waals surface area contributed by atoms with Crippen molar-refractivity contribution < 1.29 is 13.5 Å². The van der Waals surface area contributed by atoms with Crippen LogP contribution in [0, 0.1) is 11.6 Å². The Kier molecular flexibility index (Phi) is 9.84. The van der Waals surface area contributed by atoms with Gasteiger partial charge in [-0.1, -0.05) is 0 Å². The first-order valence-electron chi connectivity index (χ1n) is 10.0. The zero-order valence-corrected chi connectivity index (χ0v) is 19.5. The quantitative estimate of drug-likeness (QED) is 0.327. The Morgan fingerprint density at radius 1 is 1.28 bits per heavy atom. The molecule has 2 aliphatic rings. The third-order valence-electron chi connectivity index (χ3n) is 5.59. The minimum atomic E-state index is -0.550. The van der Waals surface area contributed by atoms with Crippen LogP contribution in [0.4, 0.5) is 14.5 Å². The summed E-state index contributed by atoms with van der Waals surface area (Å²) in [6, 6.07) is 4.41. The molecule has 2 saturated heterocycles. The van der Waals surface area contributed by atoms with Crippen LogP contribution in [-0.4, -0.2) is 76.4 Å². The number of anilines is 1. The van der Waals surface area contributed by atoms with Gasteiger partial charge in [0.25, 0.3) is 0 Å². The van der Waals surface area contributed by atoms with Crippen LogP contribution in [0.15, 0.2) is 23.2 Å². The summed E-state index contributed by atoms with van der Waals surface area (Å²) in [6.07, 6.45) is 3.26. The molecular weight excluding hydrogens is 491 g/mol. The first kappa shape index (κ1) is 24.1. The lowest BCUT2D eigenvalue weighted by atomic mass is 10.2. The first-order valence-corrected chi connectivity index (χ1v) is 10.0. The van der Waals surface area contributed by atoms with Crippen LogP contribution in [0.3, 0.4) is 0 Å². The van der Waals surface area contributed by atoms with Gasteiger partial charge in [-0.3, -0.25) is 9.89 Å². The maximum atomic E-state index is 14.0. The minimum absolute atomic E-state index is 0. The average Bonchev–Trinajstić information content (AvgIpc) is 3.32. The van der Waals surface area contributed by atoms with E-state index in [0.717, 1.165) is 51.2 Å². The average molecular weight is 523 g/mol. The van der Waals surface area contributed by atoms with Crippen LogP contribution >= 0.6 is 24.0 Å². The maximum absolute atomic E-state index is 14.0. The van der Waals surface area contributed by atoms with E-state index in [2.05, 4.69) is 20.5 Å². The number of methoxy groups -OCH3 is 1. The molecule has 1 aromatic carbocycles. The molecular formula is C20H32F2IN5O. The lowest BCUT2D eigenvalue weighted by Crippen LogP contribution is -2.48. The molecule has 29 heavy (non-hydrogen) atoms. The van der Waals surface area contributed by atoms with Crippen molar-refractivity contribution >= 4 is 35.6 Å². The van der Waals surface area contributed by atoms with Gasteiger partial charge in [0.05, 0.1) is 12.3 Å². The number of ether oxygens (including phenoxy) is 1. The molecule has 0 radical (unpaired) electrons. The second-order valence-corrected chi connectivity index (χ2v) is 7.45. The zero-order valence-electron chi connectivity index (χ0n) is 17.2. The van der Waals surface area contributed by atoms with Crippen LogP contribution in [0.5, 0.6) is 0 Å². The van der Waals surface area contributed by atoms with Crippen LogP contribution in [0.2, 0.25) is 0 Å². The predicted octanol–water partition coefficient (Wildman–Crippen LogP) is 2.44. The van der Waals surface area contributed by atoms with Crippen molar-refractivity contribution in [1.29, 1.82) is 0 Å². The second kappa shape index (κ2) is 11.8. The van der Waals surface area contributed by atoms with Crippen LogP contribution < -0.4 is 15.5 Å². The molecule has 0 amide bonds. The summed E-state index contributed by atoms with van der Waals surface area (Å²) in [5.74, 6) is -0.295. The Morgan fingerprint density at radius 3 is 2.83 bits per heavy atom. The van der Waals surface area contributed by atoms with Crippen molar-refractivity contribution in [3.63, 3.8) is 0 Å². The van der Waals surface area contributed by atoms with Crippen molar-refractivity contribution in [1.82, 2.24) is 15.5 Å². The summed E-state index contributed by atoms with van der Waals surface area (Å²) in [5.41, 5.74) is 0.452. The summed E-state index contributed by atoms with van der Waals surface area (Å²) < 4.78 is 32.4. The smallest absolute Gasteiger partial charge is 0.191 e. The van der Waals surface area contributed by atoms with E-state index in [4.69, 9.17) is 4.74 Å². The van der Waals surface area contributed by atoms with Crippen molar-refractivity contribution in [3.05, 3.63) is 29.8 Å². The van der Waals surface area contributed by atoms with Gasteiger partial charge in [0.15, 0.2) is 5.96 Å². The SMILES string of the molecule is CN=C(NCC1CCCN1CCOC)NC1CCN(c2ccc(F)cc2F)C1.I. The Hall–Kier alpha value is -1.20. The summed E-state index contributed by atoms with van der Waals surface area (Å²) in [6.45, 7) is 5.04. The summed E-state index contributed by atoms with van der Waals surface area (Å²) in [5, 5.41) is 6.87. The Labute approximate surface area is 189 Å². The normalized spacial score (nSPS) is 22.6. The number of halogens is 3. The van der Waals surface area contributed by atoms with Crippen LogP contribution in [-0.2, 0) is 4.74 Å². The van der Waals surface area contributed by atoms with Crippen LogP contribution in [0.1, 0.15) is 19.3 Å². The van der Waals surface area contributed by atoms with Gasteiger partial charge in [-0.05, 0) is 37.9 Å². The molecule has 1 aromatic rings. The summed E-state index contributed by atoms with van der Waals surface area (Å²) in [7, 11) is 3.50. The monoisotopic (exact) mass is 523 g/mol. The first-order chi connectivity index (χ1) is 13.6. The molecule has 0 aliphatic carbocycles. The molecule has 2 fully saturated rings. The highest BCUT2D eigenvalue weighted by Crippen LogP contribution is 2.24. The molecule has 164 valence electrons. The lowest BCUT2D eigenvalue weighted by Gasteiger charge is -2.26. The Balaban J connectivity index is 0.00000300. The fraction of sp³-hybridized carbons (Fsp3) is 0.650. The number of guanidine groups is 1. The number of aliphatic imine (C=N–C) groups is 1. The Morgan fingerprint density at radius 2 is 2.10 bits per heavy atom. The van der Waals surface area contributed by atoms with E-state index < -0.39 is 11.6 Å². The number of hydrogen-bond acceptors (Lipinski definition) is 4. The fourth-order valence-electron chi connectivity index (χ4n) is 4.07. The largest absolute Gasteiger partial charge is 0.383 e. The zero-order chi connectivity index (χ0) is 19.9. The van der Waals surface area contributed by atoms with Gasteiger partial charge in [-0.25, -0.2) is 8.78 Å². The van der Waals surface area contributed by atoms with Gasteiger partial charge in [0.2, 0.25) is 0 Å². The number of likely N-dealkylation sites (tertiary alicyclic amines) is 1. The third kappa shape index (κ3) is 6.65. The highest BCUT2D eigenvalue weighted by Gasteiger charge is 2.27. The highest BCUT2D eigenvalue weighted by molar-refractivity contribution is 14.0. The van der Waals surface area contributed by atoms with Crippen molar-refractivity contribution in [2.75, 3.05) is 58.4 Å². The summed E-state index contributed by atoms with van der Waals surface area (Å²) in [4.78, 5) is 8.74. The molecule has 2 heterocycles. The van der Waals surface area contributed by atoms with Gasteiger partial charge >= 0.3 is 0 Å². The molecule has 0 aromatic heterocycles. The van der Waals surface area contributed by atoms with Crippen molar-refractivity contribution in [2.45, 2.75) is 31.3 Å². The maximum Gasteiger partial charge on any atom is 0.191 e. The lowest BCUT2D eigenvalue weighted by molar-refractivity contribution is 0.141. The highest BCUT2D eigenvalue weighted by atomic mass is 127. The number of hydrogen-bond donors (Lipinski definition) is 2. The van der Waals surface area contributed by atoms with Gasteiger partial charge in [0, 0.05) is 58.5 Å². The molecule has 0 spiro atoms. The van der Waals surface area contributed by atoms with Crippen molar-refractivity contribution in [3.8, 4) is 0 Å². The fourth-order valence-corrected chi connectivity index (χ4v) is 4.07. The molecule has 2 atom stereocenters. The van der Waals surface area contributed by atoms with Gasteiger partial charge in [0.1, 0.15) is 11.6 Å². The van der Waals surface area contributed by atoms with Crippen molar-refractivity contribution in [2.24, 2.45) is 4.99 Å². The number of nitrogens with zero attached hydrogens (tertiary/aromatic N) is 3. The van der Waals surface area contributed by atoms with E-state index in [1.54, 1.807) is 14.2 Å². The number of nitrogens with one attached hydrogen (secondary N) is 2. The van der Waals surface area contributed by atoms with Gasteiger partial charge in [-0.15, -0.1) is 24.0 Å². The third-order valence-corrected chi connectivity index (χ3v) is 5.59. The van der Waals surface area contributed by atoms with E-state index in [1.165, 1.54) is 25.0 Å². The Bertz CT molecular complexity index is 678. The standard InChI is InChI=1S/C20H31F2N5O.HI/c1-23-20(24-13-17-4-3-8-26(17)10-11-28-2)25-16-7-9-27(14-16)19-6-5-15(21)12-18(19)22;/h5-6,12,16-17H,3-4,7-11,13-14H2,1-2H3,(H2,23,24,25);1H. The van der Waals surface area contributed by atoms with Gasteiger partial charge < -0.3 is 20.3 Å². The molecule has 6 nitrogen and oxygen atoms in total. The number of rotatable bonds is 7. The van der Waals surface area contributed by atoms with E-state index >= 15 is 0 Å². The molecule has 3 rings (SSSR count). The minimum Gasteiger partial charge on any atom is -0.383 e. The van der Waals surface area contributed by atoms with Crippen LogP contribution in [0.25, 0.3) is 0 Å². The van der Waals surface area contributed by atoms with E-state index in [-0.39, 0.29) is 30.0 Å². The summed E-state index contributed by atoms with van der Waals surface area (Å²) >= 11 is 0. The topological polar surface area (TPSA) is 52.1 Å². The molecule has 2 aliphatic heterocycles. The van der Waals surface area contributed by atoms with Gasteiger partial charge in [-0.2, -0.15) is 0 Å². The van der Waals surface area contributed by atoms with E-state index in [0.29, 0.717) is 18.3 Å². The second-order valence-electron chi connectivity index (χ2n) is 7.45. The predicted molar refractivity (Wildman–Crippen MR) is 123 cm³/mol. The number of benzene rings is 1. The van der Waals surface area contributed by atoms with E-state index in [1.807, 2.05) is 4.90 Å². The molecule has 0 saturated carbocycles. The molecule has 9 heteroatoms. The van der Waals surface area contributed by atoms with E-state index in [9.17, 15) is 8.78 Å². The molecule has 2 unspecified atom stereocenters. The molecule has 2 N–H and O–H groups in total. The molecule has 0 bridgehead atoms.